The van der Waals surface area contributed by atoms with Crippen LogP contribution < -0.4 is 5.73 Å². The van der Waals surface area contributed by atoms with Crippen molar-refractivity contribution < 1.29 is 13.2 Å². The van der Waals surface area contributed by atoms with Gasteiger partial charge < -0.3 is 5.73 Å². The van der Waals surface area contributed by atoms with Crippen LogP contribution in [0.1, 0.15) is 18.1 Å². The predicted molar refractivity (Wildman–Crippen MR) is 73.0 cm³/mol. The summed E-state index contributed by atoms with van der Waals surface area (Å²) in [5.41, 5.74) is 5.52. The van der Waals surface area contributed by atoms with E-state index < -0.39 is 23.0 Å². The van der Waals surface area contributed by atoms with Crippen LogP contribution >= 0.6 is 11.6 Å². The minimum atomic E-state index is -1.12. The smallest absolute Gasteiger partial charge is 0.145 e. The van der Waals surface area contributed by atoms with Crippen LogP contribution in [0.2, 0.25) is 5.02 Å². The molecule has 106 valence electrons. The first kappa shape index (κ1) is 14.9. The van der Waals surface area contributed by atoms with Crippen molar-refractivity contribution >= 4 is 11.6 Å². The largest absolute Gasteiger partial charge is 0.321 e. The lowest BCUT2D eigenvalue weighted by Gasteiger charge is -2.26. The lowest BCUT2D eigenvalue weighted by Crippen LogP contribution is -2.36. The zero-order chi connectivity index (χ0) is 14.9. The van der Waals surface area contributed by atoms with E-state index in [1.807, 2.05) is 0 Å². The summed E-state index contributed by atoms with van der Waals surface area (Å²) in [6, 6.07) is 7.62. The van der Waals surface area contributed by atoms with Gasteiger partial charge in [0.2, 0.25) is 0 Å². The van der Waals surface area contributed by atoms with Gasteiger partial charge in [-0.3, -0.25) is 0 Å². The number of hydrogen-bond acceptors (Lipinski definition) is 1. The van der Waals surface area contributed by atoms with Gasteiger partial charge in [-0.25, -0.2) is 13.2 Å². The molecule has 1 atom stereocenters. The van der Waals surface area contributed by atoms with Crippen LogP contribution in [0.15, 0.2) is 36.4 Å². The molecular weight excluding hydrogens is 287 g/mol. The molecule has 0 amide bonds. The Balaban J connectivity index is 2.37. The SMILES string of the molecule is CC(N)(Cc1cccc(Cl)c1F)c1cc(F)cc(F)c1. The quantitative estimate of drug-likeness (QED) is 0.904. The van der Waals surface area contributed by atoms with Gasteiger partial charge in [-0.2, -0.15) is 0 Å². The summed E-state index contributed by atoms with van der Waals surface area (Å²) in [5, 5.41) is -0.0104. The molecule has 0 saturated carbocycles. The summed E-state index contributed by atoms with van der Waals surface area (Å²) < 4.78 is 40.4. The Morgan fingerprint density at radius 2 is 1.70 bits per heavy atom. The Morgan fingerprint density at radius 3 is 2.30 bits per heavy atom. The summed E-state index contributed by atoms with van der Waals surface area (Å²) in [7, 11) is 0. The summed E-state index contributed by atoms with van der Waals surface area (Å²) in [6.07, 6.45) is 0.0717. The normalized spacial score (nSPS) is 14.1. The highest BCUT2D eigenvalue weighted by atomic mass is 35.5. The molecule has 0 aliphatic carbocycles. The van der Waals surface area contributed by atoms with Gasteiger partial charge in [-0.05, 0) is 42.7 Å². The maximum Gasteiger partial charge on any atom is 0.145 e. The molecule has 2 aromatic rings. The minimum absolute atomic E-state index is 0.0104. The van der Waals surface area contributed by atoms with Crippen molar-refractivity contribution in [2.75, 3.05) is 0 Å². The molecule has 5 heteroatoms. The van der Waals surface area contributed by atoms with E-state index in [1.165, 1.54) is 6.07 Å². The third-order valence-corrected chi connectivity index (χ3v) is 3.40. The summed E-state index contributed by atoms with van der Waals surface area (Å²) in [5.74, 6) is -2.01. The fourth-order valence-corrected chi connectivity index (χ4v) is 2.26. The standard InChI is InChI=1S/C15H13ClF3N/c1-15(20,10-5-11(17)7-12(18)6-10)8-9-3-2-4-13(16)14(9)19/h2-7H,8,20H2,1H3. The molecule has 1 nitrogen and oxygen atoms in total. The van der Waals surface area contributed by atoms with E-state index in [0.29, 0.717) is 5.56 Å². The van der Waals surface area contributed by atoms with Gasteiger partial charge in [0.05, 0.1) is 5.02 Å². The molecule has 0 aliphatic heterocycles. The molecule has 0 fully saturated rings. The molecule has 2 N–H and O–H groups in total. The number of halogens is 4. The molecule has 2 rings (SSSR count). The Labute approximate surface area is 120 Å². The lowest BCUT2D eigenvalue weighted by atomic mass is 9.86. The van der Waals surface area contributed by atoms with Crippen LogP contribution in [-0.2, 0) is 12.0 Å². The first-order valence-corrected chi connectivity index (χ1v) is 6.36. The highest BCUT2D eigenvalue weighted by Gasteiger charge is 2.25. The molecule has 0 spiro atoms. The minimum Gasteiger partial charge on any atom is -0.321 e. The van der Waals surface area contributed by atoms with Gasteiger partial charge >= 0.3 is 0 Å². The second-order valence-corrected chi connectivity index (χ2v) is 5.37. The summed E-state index contributed by atoms with van der Waals surface area (Å²) in [4.78, 5) is 0. The van der Waals surface area contributed by atoms with Crippen molar-refractivity contribution in [3.05, 3.63) is 70.0 Å². The van der Waals surface area contributed by atoms with Gasteiger partial charge in [0.1, 0.15) is 17.5 Å². The zero-order valence-corrected chi connectivity index (χ0v) is 11.5. The van der Waals surface area contributed by atoms with E-state index in [4.69, 9.17) is 17.3 Å². The van der Waals surface area contributed by atoms with Crippen LogP contribution in [0.3, 0.4) is 0 Å². The van der Waals surface area contributed by atoms with E-state index in [1.54, 1.807) is 19.1 Å². The fourth-order valence-electron chi connectivity index (χ4n) is 2.07. The van der Waals surface area contributed by atoms with Gasteiger partial charge in [0.15, 0.2) is 0 Å². The van der Waals surface area contributed by atoms with Crippen molar-refractivity contribution in [2.45, 2.75) is 18.9 Å². The molecule has 1 unspecified atom stereocenters. The molecule has 0 radical (unpaired) electrons. The number of benzene rings is 2. The first-order chi connectivity index (χ1) is 9.29. The maximum absolute atomic E-state index is 13.9. The highest BCUT2D eigenvalue weighted by Crippen LogP contribution is 2.27. The molecule has 0 aromatic heterocycles. The fraction of sp³-hybridized carbons (Fsp3) is 0.200. The topological polar surface area (TPSA) is 26.0 Å². The third-order valence-electron chi connectivity index (χ3n) is 3.11. The summed E-state index contributed by atoms with van der Waals surface area (Å²) >= 11 is 5.70. The average Bonchev–Trinajstić information content (AvgIpc) is 2.33. The molecular formula is C15H13ClF3N. The van der Waals surface area contributed by atoms with E-state index in [0.717, 1.165) is 18.2 Å². The Bertz CT molecular complexity index is 621. The second-order valence-electron chi connectivity index (χ2n) is 4.97. The third kappa shape index (κ3) is 3.14. The maximum atomic E-state index is 13.9. The van der Waals surface area contributed by atoms with Crippen molar-refractivity contribution in [1.82, 2.24) is 0 Å². The van der Waals surface area contributed by atoms with Gasteiger partial charge in [0.25, 0.3) is 0 Å². The van der Waals surface area contributed by atoms with Crippen molar-refractivity contribution in [3.63, 3.8) is 0 Å². The number of nitrogens with two attached hydrogens (primary N) is 1. The van der Waals surface area contributed by atoms with E-state index in [-0.39, 0.29) is 17.0 Å². The Morgan fingerprint density at radius 1 is 1.10 bits per heavy atom. The van der Waals surface area contributed by atoms with Crippen molar-refractivity contribution in [3.8, 4) is 0 Å². The van der Waals surface area contributed by atoms with Crippen molar-refractivity contribution in [1.29, 1.82) is 0 Å². The van der Waals surface area contributed by atoms with Crippen LogP contribution in [0.4, 0.5) is 13.2 Å². The lowest BCUT2D eigenvalue weighted by molar-refractivity contribution is 0.466. The zero-order valence-electron chi connectivity index (χ0n) is 10.8. The van der Waals surface area contributed by atoms with Crippen LogP contribution in [0.5, 0.6) is 0 Å². The molecule has 20 heavy (non-hydrogen) atoms. The molecule has 0 aliphatic rings. The van der Waals surface area contributed by atoms with Gasteiger partial charge in [-0.15, -0.1) is 0 Å². The van der Waals surface area contributed by atoms with E-state index in [9.17, 15) is 13.2 Å². The second kappa shape index (κ2) is 5.46. The average molecular weight is 300 g/mol. The van der Waals surface area contributed by atoms with Crippen molar-refractivity contribution in [2.24, 2.45) is 5.73 Å². The molecule has 0 bridgehead atoms. The van der Waals surface area contributed by atoms with Gasteiger partial charge in [0, 0.05) is 11.6 Å². The van der Waals surface area contributed by atoms with E-state index in [2.05, 4.69) is 0 Å². The highest BCUT2D eigenvalue weighted by molar-refractivity contribution is 6.30. The number of hydrogen-bond donors (Lipinski definition) is 1. The van der Waals surface area contributed by atoms with Crippen LogP contribution in [-0.4, -0.2) is 0 Å². The van der Waals surface area contributed by atoms with Gasteiger partial charge in [-0.1, -0.05) is 23.7 Å². The monoisotopic (exact) mass is 299 g/mol. The van der Waals surface area contributed by atoms with Crippen LogP contribution in [0.25, 0.3) is 0 Å². The Kier molecular flexibility index (Phi) is 4.06. The summed E-state index contributed by atoms with van der Waals surface area (Å²) in [6.45, 7) is 1.58. The molecule has 2 aromatic carbocycles. The molecule has 0 saturated heterocycles. The first-order valence-electron chi connectivity index (χ1n) is 5.98. The Hall–Kier alpha value is -1.52. The number of rotatable bonds is 3. The molecule has 0 heterocycles. The van der Waals surface area contributed by atoms with Crippen LogP contribution in [0, 0.1) is 17.5 Å². The van der Waals surface area contributed by atoms with E-state index >= 15 is 0 Å². The predicted octanol–water partition coefficient (Wildman–Crippen LogP) is 4.17.